The quantitative estimate of drug-likeness (QED) is 0.906. The average molecular weight is 263 g/mol. The number of phenols is 1. The predicted octanol–water partition coefficient (Wildman–Crippen LogP) is 3.01. The Bertz CT molecular complexity index is 400. The molecule has 1 aromatic rings. The van der Waals surface area contributed by atoms with Crippen LogP contribution in [0.1, 0.15) is 36.5 Å². The fourth-order valence-electron chi connectivity index (χ4n) is 2.86. The van der Waals surface area contributed by atoms with Crippen LogP contribution in [0, 0.1) is 13.8 Å². The first-order valence-electron chi connectivity index (χ1n) is 7.23. The first-order valence-corrected chi connectivity index (χ1v) is 7.23. The van der Waals surface area contributed by atoms with Crippen LogP contribution in [0.3, 0.4) is 0 Å². The molecule has 0 atom stereocenters. The summed E-state index contributed by atoms with van der Waals surface area (Å²) in [6, 6.07) is 4.19. The van der Waals surface area contributed by atoms with Gasteiger partial charge in [-0.2, -0.15) is 0 Å². The van der Waals surface area contributed by atoms with Gasteiger partial charge in [0.2, 0.25) is 0 Å². The van der Waals surface area contributed by atoms with Gasteiger partial charge in [0.05, 0.1) is 6.10 Å². The molecular weight excluding hydrogens is 238 g/mol. The molecule has 1 aliphatic heterocycles. The van der Waals surface area contributed by atoms with Crippen molar-refractivity contribution >= 4 is 0 Å². The zero-order chi connectivity index (χ0) is 13.8. The number of rotatable bonds is 4. The zero-order valence-electron chi connectivity index (χ0n) is 12.3. The number of nitrogens with zero attached hydrogens (tertiary/aromatic N) is 1. The summed E-state index contributed by atoms with van der Waals surface area (Å²) in [4.78, 5) is 2.47. The second kappa shape index (κ2) is 6.40. The lowest BCUT2D eigenvalue weighted by Crippen LogP contribution is -2.36. The number of likely N-dealkylation sites (tertiary alicyclic amines) is 1. The van der Waals surface area contributed by atoms with Gasteiger partial charge in [-0.05, 0) is 50.3 Å². The molecule has 1 aliphatic rings. The Balaban J connectivity index is 1.92. The number of hydrogen-bond acceptors (Lipinski definition) is 3. The highest BCUT2D eigenvalue weighted by molar-refractivity contribution is 5.42. The Morgan fingerprint density at radius 1 is 1.21 bits per heavy atom. The van der Waals surface area contributed by atoms with Crippen LogP contribution in [0.25, 0.3) is 0 Å². The second-order valence-corrected chi connectivity index (χ2v) is 5.51. The van der Waals surface area contributed by atoms with E-state index in [-0.39, 0.29) is 0 Å². The largest absolute Gasteiger partial charge is 0.507 e. The third kappa shape index (κ3) is 3.71. The molecule has 19 heavy (non-hydrogen) atoms. The van der Waals surface area contributed by atoms with Crippen molar-refractivity contribution in [2.45, 2.75) is 46.3 Å². The number of aryl methyl sites for hydroxylation is 2. The molecule has 0 saturated carbocycles. The molecule has 0 aromatic heterocycles. The summed E-state index contributed by atoms with van der Waals surface area (Å²) in [6.45, 7) is 9.99. The molecule has 1 aromatic carbocycles. The minimum absolute atomic E-state index is 0.429. The first-order chi connectivity index (χ1) is 9.10. The molecule has 3 heteroatoms. The highest BCUT2D eigenvalue weighted by atomic mass is 16.5. The van der Waals surface area contributed by atoms with E-state index in [1.807, 2.05) is 13.8 Å². The molecular formula is C16H25NO2. The summed E-state index contributed by atoms with van der Waals surface area (Å²) in [5.74, 6) is 0.429. The van der Waals surface area contributed by atoms with Crippen molar-refractivity contribution in [3.05, 3.63) is 28.8 Å². The van der Waals surface area contributed by atoms with E-state index in [4.69, 9.17) is 4.74 Å². The van der Waals surface area contributed by atoms with Crippen molar-refractivity contribution in [3.8, 4) is 5.75 Å². The van der Waals surface area contributed by atoms with Gasteiger partial charge in [0.15, 0.2) is 0 Å². The topological polar surface area (TPSA) is 32.7 Å². The van der Waals surface area contributed by atoms with Gasteiger partial charge in [-0.15, -0.1) is 0 Å². The van der Waals surface area contributed by atoms with E-state index in [2.05, 4.69) is 24.0 Å². The van der Waals surface area contributed by atoms with Crippen LogP contribution in [-0.4, -0.2) is 35.8 Å². The highest BCUT2D eigenvalue weighted by Gasteiger charge is 2.19. The van der Waals surface area contributed by atoms with Gasteiger partial charge in [-0.1, -0.05) is 12.1 Å². The molecule has 1 fully saturated rings. The van der Waals surface area contributed by atoms with Crippen molar-refractivity contribution in [3.63, 3.8) is 0 Å². The summed E-state index contributed by atoms with van der Waals surface area (Å²) < 4.78 is 5.68. The van der Waals surface area contributed by atoms with Gasteiger partial charge in [-0.3, -0.25) is 4.90 Å². The van der Waals surface area contributed by atoms with Gasteiger partial charge in [0.1, 0.15) is 5.75 Å². The standard InChI is InChI=1S/C16H25NO2/c1-4-19-15-5-7-17(8-6-15)11-14-9-12(2)16(18)13(3)10-14/h9-10,15,18H,4-8,11H2,1-3H3. The number of aromatic hydroxyl groups is 1. The van der Waals surface area contributed by atoms with Crippen molar-refractivity contribution < 1.29 is 9.84 Å². The van der Waals surface area contributed by atoms with E-state index in [1.54, 1.807) is 0 Å². The van der Waals surface area contributed by atoms with Crippen LogP contribution in [0.5, 0.6) is 5.75 Å². The zero-order valence-corrected chi connectivity index (χ0v) is 12.3. The number of phenolic OH excluding ortho intramolecular Hbond substituents is 1. The van der Waals surface area contributed by atoms with E-state index in [1.165, 1.54) is 5.56 Å². The van der Waals surface area contributed by atoms with Crippen molar-refractivity contribution in [1.82, 2.24) is 4.90 Å². The van der Waals surface area contributed by atoms with Crippen molar-refractivity contribution in [2.75, 3.05) is 19.7 Å². The summed E-state index contributed by atoms with van der Waals surface area (Å²) in [7, 11) is 0. The van der Waals surface area contributed by atoms with E-state index in [0.717, 1.165) is 50.2 Å². The Morgan fingerprint density at radius 2 is 1.79 bits per heavy atom. The van der Waals surface area contributed by atoms with Crippen LogP contribution in [0.2, 0.25) is 0 Å². The minimum Gasteiger partial charge on any atom is -0.507 e. The molecule has 0 aliphatic carbocycles. The van der Waals surface area contributed by atoms with Crippen LogP contribution in [-0.2, 0) is 11.3 Å². The number of ether oxygens (including phenoxy) is 1. The molecule has 2 rings (SSSR count). The maximum atomic E-state index is 9.80. The number of hydrogen-bond donors (Lipinski definition) is 1. The van der Waals surface area contributed by atoms with Gasteiger partial charge in [0, 0.05) is 26.2 Å². The molecule has 0 spiro atoms. The fraction of sp³-hybridized carbons (Fsp3) is 0.625. The van der Waals surface area contributed by atoms with Gasteiger partial charge in [-0.25, -0.2) is 0 Å². The molecule has 0 amide bonds. The van der Waals surface area contributed by atoms with Crippen LogP contribution < -0.4 is 0 Å². The van der Waals surface area contributed by atoms with Crippen LogP contribution >= 0.6 is 0 Å². The smallest absolute Gasteiger partial charge is 0.121 e. The van der Waals surface area contributed by atoms with E-state index >= 15 is 0 Å². The summed E-state index contributed by atoms with van der Waals surface area (Å²) in [6.07, 6.45) is 2.71. The number of benzene rings is 1. The van der Waals surface area contributed by atoms with Gasteiger partial charge < -0.3 is 9.84 Å². The van der Waals surface area contributed by atoms with Crippen molar-refractivity contribution in [1.29, 1.82) is 0 Å². The monoisotopic (exact) mass is 263 g/mol. The van der Waals surface area contributed by atoms with E-state index < -0.39 is 0 Å². The van der Waals surface area contributed by atoms with Gasteiger partial charge >= 0.3 is 0 Å². The number of piperidine rings is 1. The molecule has 0 bridgehead atoms. The Morgan fingerprint density at radius 3 is 2.32 bits per heavy atom. The average Bonchev–Trinajstić information content (AvgIpc) is 2.38. The van der Waals surface area contributed by atoms with E-state index in [0.29, 0.717) is 11.9 Å². The summed E-state index contributed by atoms with van der Waals surface area (Å²) in [5, 5.41) is 9.80. The van der Waals surface area contributed by atoms with Crippen LogP contribution in [0.15, 0.2) is 12.1 Å². The lowest BCUT2D eigenvalue weighted by molar-refractivity contribution is 0.0125. The lowest BCUT2D eigenvalue weighted by Gasteiger charge is -2.31. The molecule has 3 nitrogen and oxygen atoms in total. The highest BCUT2D eigenvalue weighted by Crippen LogP contribution is 2.24. The predicted molar refractivity (Wildman–Crippen MR) is 77.5 cm³/mol. The molecule has 106 valence electrons. The lowest BCUT2D eigenvalue weighted by atomic mass is 10.0. The Labute approximate surface area is 116 Å². The fourth-order valence-corrected chi connectivity index (χ4v) is 2.86. The maximum absolute atomic E-state index is 9.80. The molecule has 0 radical (unpaired) electrons. The maximum Gasteiger partial charge on any atom is 0.121 e. The second-order valence-electron chi connectivity index (χ2n) is 5.51. The molecule has 0 unspecified atom stereocenters. The SMILES string of the molecule is CCOC1CCN(Cc2cc(C)c(O)c(C)c2)CC1. The summed E-state index contributed by atoms with van der Waals surface area (Å²) in [5.41, 5.74) is 3.24. The molecule has 1 saturated heterocycles. The van der Waals surface area contributed by atoms with E-state index in [9.17, 15) is 5.11 Å². The minimum atomic E-state index is 0.429. The van der Waals surface area contributed by atoms with Crippen molar-refractivity contribution in [2.24, 2.45) is 0 Å². The van der Waals surface area contributed by atoms with Gasteiger partial charge in [0.25, 0.3) is 0 Å². The molecule has 1 N–H and O–H groups in total. The Kier molecular flexibility index (Phi) is 4.83. The third-order valence-electron chi connectivity index (χ3n) is 3.89. The summed E-state index contributed by atoms with van der Waals surface area (Å²) >= 11 is 0. The third-order valence-corrected chi connectivity index (χ3v) is 3.89. The van der Waals surface area contributed by atoms with Crippen LogP contribution in [0.4, 0.5) is 0 Å². The molecule has 1 heterocycles. The normalized spacial score (nSPS) is 17.8. The first kappa shape index (κ1) is 14.4. The Hall–Kier alpha value is -1.06.